The molecule has 1 aromatic carbocycles. The summed E-state index contributed by atoms with van der Waals surface area (Å²) in [4.78, 5) is 24.1. The van der Waals surface area contributed by atoms with Gasteiger partial charge < -0.3 is 9.72 Å². The summed E-state index contributed by atoms with van der Waals surface area (Å²) in [6, 6.07) is 7.54. The summed E-state index contributed by atoms with van der Waals surface area (Å²) in [6.07, 6.45) is 1.40. The normalized spacial score (nSPS) is 9.80. The van der Waals surface area contributed by atoms with Crippen molar-refractivity contribution in [2.75, 3.05) is 7.11 Å². The van der Waals surface area contributed by atoms with E-state index in [1.54, 1.807) is 12.1 Å². The number of H-pyrrole nitrogens is 1. The van der Waals surface area contributed by atoms with E-state index in [-0.39, 0.29) is 17.0 Å². The molecule has 100 valence electrons. The summed E-state index contributed by atoms with van der Waals surface area (Å²) in [6.45, 7) is 0. The molecule has 0 amide bonds. The van der Waals surface area contributed by atoms with Crippen LogP contribution in [0.15, 0.2) is 35.3 Å². The molecule has 1 heterocycles. The molecule has 7 heteroatoms. The third-order valence-electron chi connectivity index (χ3n) is 2.73. The predicted molar refractivity (Wildman–Crippen MR) is 70.4 cm³/mol. The second-order valence-corrected chi connectivity index (χ2v) is 3.89. The molecule has 0 radical (unpaired) electrons. The summed E-state index contributed by atoms with van der Waals surface area (Å²) in [5.41, 5.74) is 0.270. The molecule has 1 aromatic heterocycles. The summed E-state index contributed by atoms with van der Waals surface area (Å²) in [5, 5.41) is 19.8. The van der Waals surface area contributed by atoms with Gasteiger partial charge in [-0.25, -0.2) is 0 Å². The van der Waals surface area contributed by atoms with Crippen molar-refractivity contribution in [2.24, 2.45) is 0 Å². The molecule has 0 bridgehead atoms. The molecule has 0 spiro atoms. The summed E-state index contributed by atoms with van der Waals surface area (Å²) >= 11 is 0. The smallest absolute Gasteiger partial charge is 0.311 e. The number of ether oxygens (including phenoxy) is 1. The first kappa shape index (κ1) is 13.3. The summed E-state index contributed by atoms with van der Waals surface area (Å²) in [5.74, 6) is 0.142. The average Bonchev–Trinajstić information content (AvgIpc) is 2.47. The van der Waals surface area contributed by atoms with Crippen molar-refractivity contribution in [1.82, 2.24) is 4.98 Å². The second-order valence-electron chi connectivity index (χ2n) is 3.89. The Morgan fingerprint density at radius 3 is 2.70 bits per heavy atom. The standard InChI is InChI=1S/C13H9N3O4/c1-20-12-3-2-8(5-11(12)16(18)19)10-4-9(6-14)13(17)15-7-10/h2-5,7H,1H3,(H,15,17). The molecule has 0 aliphatic heterocycles. The number of nitriles is 1. The first-order valence-electron chi connectivity index (χ1n) is 5.52. The van der Waals surface area contributed by atoms with Gasteiger partial charge in [-0.2, -0.15) is 5.26 Å². The Morgan fingerprint density at radius 2 is 2.10 bits per heavy atom. The van der Waals surface area contributed by atoms with Gasteiger partial charge in [-0.3, -0.25) is 14.9 Å². The van der Waals surface area contributed by atoms with E-state index in [2.05, 4.69) is 4.98 Å². The largest absolute Gasteiger partial charge is 0.490 e. The lowest BCUT2D eigenvalue weighted by molar-refractivity contribution is -0.385. The van der Waals surface area contributed by atoms with Gasteiger partial charge in [0.1, 0.15) is 11.6 Å². The number of nitrogens with zero attached hydrogens (tertiary/aromatic N) is 2. The van der Waals surface area contributed by atoms with Gasteiger partial charge in [-0.1, -0.05) is 6.07 Å². The van der Waals surface area contributed by atoms with E-state index in [9.17, 15) is 14.9 Å². The number of hydrogen-bond acceptors (Lipinski definition) is 5. The molecule has 2 rings (SSSR count). The van der Waals surface area contributed by atoms with Crippen LogP contribution in [0.5, 0.6) is 5.75 Å². The molecule has 0 unspecified atom stereocenters. The zero-order chi connectivity index (χ0) is 14.7. The minimum atomic E-state index is -0.556. The molecule has 0 saturated carbocycles. The number of benzene rings is 1. The van der Waals surface area contributed by atoms with E-state index in [1.165, 1.54) is 31.5 Å². The summed E-state index contributed by atoms with van der Waals surface area (Å²) < 4.78 is 4.91. The van der Waals surface area contributed by atoms with E-state index < -0.39 is 10.5 Å². The van der Waals surface area contributed by atoms with Crippen molar-refractivity contribution in [1.29, 1.82) is 5.26 Å². The molecule has 0 aliphatic carbocycles. The highest BCUT2D eigenvalue weighted by Crippen LogP contribution is 2.31. The number of aromatic nitrogens is 1. The first-order valence-corrected chi connectivity index (χ1v) is 5.52. The first-order chi connectivity index (χ1) is 9.56. The lowest BCUT2D eigenvalue weighted by atomic mass is 10.1. The van der Waals surface area contributed by atoms with Crippen LogP contribution in [-0.2, 0) is 0 Å². The van der Waals surface area contributed by atoms with Crippen LogP contribution >= 0.6 is 0 Å². The Hall–Kier alpha value is -3.14. The van der Waals surface area contributed by atoms with Crippen molar-refractivity contribution < 1.29 is 9.66 Å². The van der Waals surface area contributed by atoms with Gasteiger partial charge >= 0.3 is 5.69 Å². The molecule has 0 aliphatic rings. The fourth-order valence-corrected chi connectivity index (χ4v) is 1.75. The van der Waals surface area contributed by atoms with Crippen LogP contribution in [0, 0.1) is 21.4 Å². The van der Waals surface area contributed by atoms with Crippen molar-refractivity contribution in [3.05, 3.63) is 56.5 Å². The van der Waals surface area contributed by atoms with Crippen LogP contribution in [0.1, 0.15) is 5.56 Å². The number of aromatic amines is 1. The molecule has 0 saturated heterocycles. The van der Waals surface area contributed by atoms with Crippen LogP contribution in [0.4, 0.5) is 5.69 Å². The molecular weight excluding hydrogens is 262 g/mol. The third kappa shape index (κ3) is 2.35. The molecule has 2 aromatic rings. The van der Waals surface area contributed by atoms with Gasteiger partial charge in [0, 0.05) is 12.3 Å². The molecule has 7 nitrogen and oxygen atoms in total. The van der Waals surface area contributed by atoms with Gasteiger partial charge in [0.2, 0.25) is 0 Å². The number of hydrogen-bond donors (Lipinski definition) is 1. The van der Waals surface area contributed by atoms with Crippen molar-refractivity contribution >= 4 is 5.69 Å². The Bertz CT molecular complexity index is 774. The second kappa shape index (κ2) is 5.24. The van der Waals surface area contributed by atoms with Gasteiger partial charge in [-0.15, -0.1) is 0 Å². The SMILES string of the molecule is COc1ccc(-c2c[nH]c(=O)c(C#N)c2)cc1[N+](=O)[O-]. The van der Waals surface area contributed by atoms with Gasteiger partial charge in [0.25, 0.3) is 5.56 Å². The maximum atomic E-state index is 11.3. The zero-order valence-electron chi connectivity index (χ0n) is 10.4. The molecular formula is C13H9N3O4. The van der Waals surface area contributed by atoms with E-state index in [4.69, 9.17) is 10.00 Å². The number of methoxy groups -OCH3 is 1. The highest BCUT2D eigenvalue weighted by Gasteiger charge is 2.16. The maximum absolute atomic E-state index is 11.3. The number of pyridine rings is 1. The van der Waals surface area contributed by atoms with E-state index in [0.717, 1.165) is 0 Å². The topological polar surface area (TPSA) is 109 Å². The van der Waals surface area contributed by atoms with Crippen molar-refractivity contribution in [3.63, 3.8) is 0 Å². The van der Waals surface area contributed by atoms with E-state index in [1.807, 2.05) is 0 Å². The van der Waals surface area contributed by atoms with Crippen molar-refractivity contribution in [2.45, 2.75) is 0 Å². The van der Waals surface area contributed by atoms with E-state index in [0.29, 0.717) is 11.1 Å². The molecule has 20 heavy (non-hydrogen) atoms. The van der Waals surface area contributed by atoms with Gasteiger partial charge in [-0.05, 0) is 23.3 Å². The number of nitro groups is 1. The molecule has 1 N–H and O–H groups in total. The zero-order valence-corrected chi connectivity index (χ0v) is 10.4. The van der Waals surface area contributed by atoms with Crippen LogP contribution in [-0.4, -0.2) is 17.0 Å². The monoisotopic (exact) mass is 271 g/mol. The van der Waals surface area contributed by atoms with Crippen LogP contribution < -0.4 is 10.3 Å². The highest BCUT2D eigenvalue weighted by molar-refractivity contribution is 5.69. The third-order valence-corrected chi connectivity index (χ3v) is 2.73. The van der Waals surface area contributed by atoms with Crippen LogP contribution in [0.25, 0.3) is 11.1 Å². The highest BCUT2D eigenvalue weighted by atomic mass is 16.6. The fourth-order valence-electron chi connectivity index (χ4n) is 1.75. The molecule has 0 atom stereocenters. The van der Waals surface area contributed by atoms with E-state index >= 15 is 0 Å². The Balaban J connectivity index is 2.59. The minimum absolute atomic E-state index is 0.0547. The Morgan fingerprint density at radius 1 is 1.35 bits per heavy atom. The predicted octanol–water partition coefficient (Wildman–Crippen LogP) is 1.83. The summed E-state index contributed by atoms with van der Waals surface area (Å²) in [7, 11) is 1.34. The van der Waals surface area contributed by atoms with Gasteiger partial charge in [0.05, 0.1) is 12.0 Å². The maximum Gasteiger partial charge on any atom is 0.311 e. The number of nitro benzene ring substituents is 1. The average molecular weight is 271 g/mol. The minimum Gasteiger partial charge on any atom is -0.490 e. The molecule has 0 fully saturated rings. The van der Waals surface area contributed by atoms with Crippen LogP contribution in [0.3, 0.4) is 0 Å². The Labute approximate surface area is 113 Å². The number of rotatable bonds is 3. The quantitative estimate of drug-likeness (QED) is 0.676. The van der Waals surface area contributed by atoms with Crippen LogP contribution in [0.2, 0.25) is 0 Å². The van der Waals surface area contributed by atoms with Crippen molar-refractivity contribution in [3.8, 4) is 22.9 Å². The lowest BCUT2D eigenvalue weighted by Gasteiger charge is -2.05. The Kier molecular flexibility index (Phi) is 3.48. The fraction of sp³-hybridized carbons (Fsp3) is 0.0769. The van der Waals surface area contributed by atoms with Gasteiger partial charge in [0.15, 0.2) is 5.75 Å². The number of nitrogens with one attached hydrogen (secondary N) is 1. The lowest BCUT2D eigenvalue weighted by Crippen LogP contribution is -2.08.